The zero-order valence-corrected chi connectivity index (χ0v) is 12.8. The molecule has 1 amide bonds. The summed E-state index contributed by atoms with van der Waals surface area (Å²) in [5.41, 5.74) is 3.04. The molecule has 9 heteroatoms. The van der Waals surface area contributed by atoms with Gasteiger partial charge in [0.25, 0.3) is 5.91 Å². The number of carbonyl (C=O) groups excluding carboxylic acids is 1. The lowest BCUT2D eigenvalue weighted by Crippen LogP contribution is -2.24. The summed E-state index contributed by atoms with van der Waals surface area (Å²) >= 11 is 0. The zero-order valence-electron chi connectivity index (χ0n) is 12.8. The Morgan fingerprint density at radius 1 is 1.20 bits per heavy atom. The molecule has 126 valence electrons. The van der Waals surface area contributed by atoms with Gasteiger partial charge in [-0.15, -0.1) is 10.2 Å². The van der Waals surface area contributed by atoms with Crippen LogP contribution in [-0.2, 0) is 11.3 Å². The second-order valence-corrected chi connectivity index (χ2v) is 4.97. The van der Waals surface area contributed by atoms with Gasteiger partial charge in [-0.05, 0) is 17.3 Å². The third kappa shape index (κ3) is 4.28. The van der Waals surface area contributed by atoms with Gasteiger partial charge in [0, 0.05) is 17.2 Å². The van der Waals surface area contributed by atoms with Crippen molar-refractivity contribution in [2.45, 2.75) is 6.54 Å². The van der Waals surface area contributed by atoms with Crippen molar-refractivity contribution in [1.29, 1.82) is 0 Å². The summed E-state index contributed by atoms with van der Waals surface area (Å²) in [7, 11) is 0. The highest BCUT2D eigenvalue weighted by Crippen LogP contribution is 2.11. The third-order valence-corrected chi connectivity index (χ3v) is 3.13. The van der Waals surface area contributed by atoms with E-state index in [2.05, 4.69) is 25.9 Å². The molecule has 0 saturated carbocycles. The monoisotopic (exact) mass is 342 g/mol. The Hall–Kier alpha value is -3.49. The molecule has 0 saturated heterocycles. The van der Waals surface area contributed by atoms with E-state index < -0.39 is 17.5 Å². The van der Waals surface area contributed by atoms with Crippen molar-refractivity contribution < 1.29 is 13.6 Å². The molecule has 0 unspecified atom stereocenters. The van der Waals surface area contributed by atoms with E-state index in [0.717, 1.165) is 28.7 Å². The van der Waals surface area contributed by atoms with Crippen molar-refractivity contribution in [3.05, 3.63) is 65.7 Å². The molecule has 0 aliphatic rings. The van der Waals surface area contributed by atoms with E-state index in [4.69, 9.17) is 0 Å². The number of carbonyl (C=O) groups is 1. The van der Waals surface area contributed by atoms with Gasteiger partial charge >= 0.3 is 0 Å². The highest BCUT2D eigenvalue weighted by atomic mass is 19.1. The molecule has 2 aromatic carbocycles. The second kappa shape index (κ2) is 7.39. The molecular weight excluding hydrogens is 330 g/mol. The second-order valence-electron chi connectivity index (χ2n) is 4.97. The fourth-order valence-corrected chi connectivity index (χ4v) is 1.96. The van der Waals surface area contributed by atoms with Crippen LogP contribution in [0.4, 0.5) is 8.78 Å². The first kappa shape index (κ1) is 16.4. The van der Waals surface area contributed by atoms with Gasteiger partial charge < -0.3 is 0 Å². The number of nitrogens with one attached hydrogen (secondary N) is 1. The van der Waals surface area contributed by atoms with Crippen LogP contribution in [0.5, 0.6) is 0 Å². The number of hydrogen-bond donors (Lipinski definition) is 1. The van der Waals surface area contributed by atoms with Crippen LogP contribution in [0, 0.1) is 11.6 Å². The smallest absolute Gasteiger partial charge is 0.263 e. The fourth-order valence-electron chi connectivity index (χ4n) is 1.96. The predicted octanol–water partition coefficient (Wildman–Crippen LogP) is 1.77. The van der Waals surface area contributed by atoms with E-state index >= 15 is 0 Å². The molecule has 3 aromatic rings. The molecule has 0 spiro atoms. The molecular formula is C16H12F2N6O. The zero-order chi connectivity index (χ0) is 17.6. The van der Waals surface area contributed by atoms with Gasteiger partial charge in [0.15, 0.2) is 0 Å². The van der Waals surface area contributed by atoms with E-state index in [1.165, 1.54) is 6.07 Å². The van der Waals surface area contributed by atoms with E-state index in [9.17, 15) is 13.6 Å². The molecule has 25 heavy (non-hydrogen) atoms. The van der Waals surface area contributed by atoms with E-state index in [-0.39, 0.29) is 12.1 Å². The molecule has 7 nitrogen and oxygen atoms in total. The lowest BCUT2D eigenvalue weighted by molar-refractivity contribution is -0.122. The van der Waals surface area contributed by atoms with Crippen LogP contribution in [0.3, 0.4) is 0 Å². The van der Waals surface area contributed by atoms with Crippen molar-refractivity contribution in [3.63, 3.8) is 0 Å². The predicted molar refractivity (Wildman–Crippen MR) is 85.3 cm³/mol. The highest BCUT2D eigenvalue weighted by Gasteiger charge is 2.08. The van der Waals surface area contributed by atoms with Crippen molar-refractivity contribution in [3.8, 4) is 11.4 Å². The standard InChI is InChI=1S/C16H12F2N6O/c17-13-7-6-12(14(18)8-13)9-19-20-15(25)10-24-22-16(21-23-24)11-4-2-1-3-5-11/h1-9H,10H2,(H,20,25)/b19-9-. The summed E-state index contributed by atoms with van der Waals surface area (Å²) < 4.78 is 26.2. The van der Waals surface area contributed by atoms with Crippen molar-refractivity contribution in [2.75, 3.05) is 0 Å². The number of aromatic nitrogens is 4. The first-order valence-electron chi connectivity index (χ1n) is 7.22. The van der Waals surface area contributed by atoms with Crippen LogP contribution in [-0.4, -0.2) is 32.3 Å². The number of rotatable bonds is 5. The summed E-state index contributed by atoms with van der Waals surface area (Å²) in [5, 5.41) is 15.4. The minimum absolute atomic E-state index is 0.0481. The van der Waals surface area contributed by atoms with E-state index in [0.29, 0.717) is 5.82 Å². The number of nitrogens with zero attached hydrogens (tertiary/aromatic N) is 5. The first-order valence-corrected chi connectivity index (χ1v) is 7.22. The topological polar surface area (TPSA) is 85.1 Å². The number of amides is 1. The number of hydrogen-bond acceptors (Lipinski definition) is 5. The molecule has 0 atom stereocenters. The van der Waals surface area contributed by atoms with Crippen LogP contribution in [0.2, 0.25) is 0 Å². The molecule has 1 aromatic heterocycles. The Kier molecular flexibility index (Phi) is 4.84. The molecule has 0 fully saturated rings. The van der Waals surface area contributed by atoms with Crippen LogP contribution in [0.15, 0.2) is 53.6 Å². The molecule has 0 bridgehead atoms. The van der Waals surface area contributed by atoms with E-state index in [1.54, 1.807) is 0 Å². The van der Waals surface area contributed by atoms with Crippen LogP contribution in [0.1, 0.15) is 5.56 Å². The maximum atomic E-state index is 13.4. The number of hydrazone groups is 1. The minimum Gasteiger partial charge on any atom is -0.271 e. The Balaban J connectivity index is 1.58. The highest BCUT2D eigenvalue weighted by molar-refractivity contribution is 5.82. The van der Waals surface area contributed by atoms with Crippen molar-refractivity contribution in [2.24, 2.45) is 5.10 Å². The van der Waals surface area contributed by atoms with Gasteiger partial charge in [0.05, 0.1) is 6.21 Å². The number of tetrazole rings is 1. The average molecular weight is 342 g/mol. The fraction of sp³-hybridized carbons (Fsp3) is 0.0625. The van der Waals surface area contributed by atoms with Gasteiger partial charge in [-0.1, -0.05) is 30.3 Å². The lowest BCUT2D eigenvalue weighted by atomic mass is 10.2. The Morgan fingerprint density at radius 3 is 2.76 bits per heavy atom. The third-order valence-electron chi connectivity index (χ3n) is 3.13. The maximum Gasteiger partial charge on any atom is 0.263 e. The summed E-state index contributed by atoms with van der Waals surface area (Å²) in [4.78, 5) is 12.9. The maximum absolute atomic E-state index is 13.4. The van der Waals surface area contributed by atoms with Crippen LogP contribution < -0.4 is 5.43 Å². The molecule has 1 N–H and O–H groups in total. The van der Waals surface area contributed by atoms with Crippen molar-refractivity contribution >= 4 is 12.1 Å². The normalized spacial score (nSPS) is 11.0. The van der Waals surface area contributed by atoms with Crippen LogP contribution >= 0.6 is 0 Å². The summed E-state index contributed by atoms with van der Waals surface area (Å²) in [6.45, 7) is -0.205. The van der Waals surface area contributed by atoms with E-state index in [1.807, 2.05) is 30.3 Å². The summed E-state index contributed by atoms with van der Waals surface area (Å²) in [5.74, 6) is -1.59. The van der Waals surface area contributed by atoms with Gasteiger partial charge in [-0.25, -0.2) is 14.2 Å². The Labute approximate surface area is 141 Å². The van der Waals surface area contributed by atoms with Crippen molar-refractivity contribution in [1.82, 2.24) is 25.6 Å². The number of halogens is 2. The van der Waals surface area contributed by atoms with Crippen LogP contribution in [0.25, 0.3) is 11.4 Å². The largest absolute Gasteiger partial charge is 0.271 e. The summed E-state index contributed by atoms with van der Waals surface area (Å²) in [6, 6.07) is 12.2. The molecule has 0 aliphatic carbocycles. The van der Waals surface area contributed by atoms with Gasteiger partial charge in [0.2, 0.25) is 5.82 Å². The van der Waals surface area contributed by atoms with Gasteiger partial charge in [-0.2, -0.15) is 9.90 Å². The first-order chi connectivity index (χ1) is 12.1. The molecule has 0 radical (unpaired) electrons. The molecule has 0 aliphatic heterocycles. The van der Waals surface area contributed by atoms with Gasteiger partial charge in [0.1, 0.15) is 18.2 Å². The SMILES string of the molecule is O=C(Cn1nnc(-c2ccccc2)n1)N/N=C\c1ccc(F)cc1F. The Morgan fingerprint density at radius 2 is 2.00 bits per heavy atom. The molecule has 1 heterocycles. The number of benzene rings is 2. The minimum atomic E-state index is -0.775. The Bertz CT molecular complexity index is 910. The van der Waals surface area contributed by atoms with Gasteiger partial charge in [-0.3, -0.25) is 4.79 Å². The average Bonchev–Trinajstić information content (AvgIpc) is 3.06. The summed E-state index contributed by atoms with van der Waals surface area (Å²) in [6.07, 6.45) is 1.08. The molecule has 3 rings (SSSR count). The quantitative estimate of drug-likeness (QED) is 0.566. The lowest BCUT2D eigenvalue weighted by Gasteiger charge is -1.99.